The first-order valence-corrected chi connectivity index (χ1v) is 14.1. The van der Waals surface area contributed by atoms with Crippen molar-refractivity contribution in [3.8, 4) is 0 Å². The Hall–Kier alpha value is -3.13. The van der Waals surface area contributed by atoms with Gasteiger partial charge in [0.15, 0.2) is 0 Å². The third-order valence-corrected chi connectivity index (χ3v) is 9.44. The second-order valence-corrected chi connectivity index (χ2v) is 11.6. The maximum absolute atomic E-state index is 14.1. The molecule has 36 heavy (non-hydrogen) atoms. The number of para-hydroxylation sites is 1. The highest BCUT2D eigenvalue weighted by Gasteiger charge is 2.47. The molecule has 7 nitrogen and oxygen atoms in total. The van der Waals surface area contributed by atoms with Gasteiger partial charge >= 0.3 is 5.97 Å². The number of hydrogen-bond donors (Lipinski definition) is 0. The van der Waals surface area contributed by atoms with E-state index in [0.717, 1.165) is 16.5 Å². The minimum Gasteiger partial charge on any atom is -0.466 e. The van der Waals surface area contributed by atoms with Crippen LogP contribution in [0.1, 0.15) is 56.0 Å². The van der Waals surface area contributed by atoms with Gasteiger partial charge in [0, 0.05) is 24.3 Å². The smallest absolute Gasteiger partial charge is 0.306 e. The number of fused-ring (bicyclic) bond motifs is 5. The monoisotopic (exact) mass is 508 g/mol. The Bertz CT molecular complexity index is 1420. The Morgan fingerprint density at radius 3 is 2.50 bits per heavy atom. The molecule has 2 aliphatic heterocycles. The molecule has 1 amide bonds. The minimum absolute atomic E-state index is 0.00163. The fraction of sp³-hybridized carbons (Fsp3) is 0.429. The summed E-state index contributed by atoms with van der Waals surface area (Å²) in [6.45, 7) is 6.49. The number of benzene rings is 2. The quantitative estimate of drug-likeness (QED) is 0.454. The molecule has 3 aromatic rings. The minimum atomic E-state index is -3.93. The van der Waals surface area contributed by atoms with Gasteiger partial charge in [-0.25, -0.2) is 12.4 Å². The number of amides is 1. The van der Waals surface area contributed by atoms with Crippen LogP contribution >= 0.6 is 0 Å². The number of rotatable bonds is 6. The lowest BCUT2D eigenvalue weighted by Crippen LogP contribution is -2.51. The van der Waals surface area contributed by atoms with Crippen LogP contribution in [0.5, 0.6) is 0 Å². The number of aryl methyl sites for hydroxylation is 1. The lowest BCUT2D eigenvalue weighted by molar-refractivity contribution is -0.151. The molecule has 0 N–H and O–H groups in total. The number of aromatic nitrogens is 1. The van der Waals surface area contributed by atoms with Gasteiger partial charge in [0.2, 0.25) is 5.91 Å². The summed E-state index contributed by atoms with van der Waals surface area (Å²) in [7, 11) is -3.93. The molecule has 0 unspecified atom stereocenters. The maximum atomic E-state index is 14.1. The van der Waals surface area contributed by atoms with Crippen molar-refractivity contribution in [3.05, 3.63) is 65.4 Å². The first-order chi connectivity index (χ1) is 17.3. The molecular formula is C28H32N2O5S. The molecule has 2 aromatic carbocycles. The summed E-state index contributed by atoms with van der Waals surface area (Å²) in [5, 5.41) is 0.898. The molecule has 0 radical (unpaired) electrons. The molecule has 0 aliphatic carbocycles. The molecule has 0 spiro atoms. The van der Waals surface area contributed by atoms with Gasteiger partial charge < -0.3 is 9.64 Å². The first kappa shape index (κ1) is 24.6. The third-order valence-electron chi connectivity index (χ3n) is 7.70. The molecular weight excluding hydrogens is 476 g/mol. The SMILES string of the molecule is CCOC(=O)C[C@@H]1C[C@@H]2c3c(c4ccccc4n3S(=O)(=O)c3ccc(C)cc3)CCN2C(=O)[C@@H]1CC. The highest BCUT2D eigenvalue weighted by atomic mass is 32.2. The Morgan fingerprint density at radius 1 is 1.08 bits per heavy atom. The van der Waals surface area contributed by atoms with E-state index in [0.29, 0.717) is 43.6 Å². The second kappa shape index (κ2) is 9.39. The van der Waals surface area contributed by atoms with E-state index in [9.17, 15) is 18.0 Å². The van der Waals surface area contributed by atoms with Gasteiger partial charge in [0.1, 0.15) is 0 Å². The Balaban J connectivity index is 1.68. The van der Waals surface area contributed by atoms with E-state index >= 15 is 0 Å². The number of nitrogens with zero attached hydrogens (tertiary/aromatic N) is 2. The number of ether oxygens (including phenoxy) is 1. The van der Waals surface area contributed by atoms with Crippen LogP contribution in [0.2, 0.25) is 0 Å². The third kappa shape index (κ3) is 3.92. The largest absolute Gasteiger partial charge is 0.466 e. The molecule has 5 rings (SSSR count). The number of esters is 1. The summed E-state index contributed by atoms with van der Waals surface area (Å²) in [6.07, 6.45) is 1.90. The van der Waals surface area contributed by atoms with Crippen molar-refractivity contribution < 1.29 is 22.7 Å². The summed E-state index contributed by atoms with van der Waals surface area (Å²) < 4.78 is 34.9. The van der Waals surface area contributed by atoms with Crippen molar-refractivity contribution in [3.63, 3.8) is 0 Å². The van der Waals surface area contributed by atoms with Gasteiger partial charge in [-0.2, -0.15) is 0 Å². The Labute approximate surface area is 212 Å². The van der Waals surface area contributed by atoms with Crippen LogP contribution in [0, 0.1) is 18.8 Å². The number of hydrogen-bond acceptors (Lipinski definition) is 5. The van der Waals surface area contributed by atoms with Crippen LogP contribution in [-0.4, -0.2) is 42.3 Å². The van der Waals surface area contributed by atoms with Crippen LogP contribution in [0.3, 0.4) is 0 Å². The molecule has 8 heteroatoms. The zero-order valence-corrected chi connectivity index (χ0v) is 21.8. The van der Waals surface area contributed by atoms with Crippen molar-refractivity contribution in [1.82, 2.24) is 8.87 Å². The van der Waals surface area contributed by atoms with Crippen LogP contribution < -0.4 is 0 Å². The van der Waals surface area contributed by atoms with Gasteiger partial charge in [0.25, 0.3) is 10.0 Å². The van der Waals surface area contributed by atoms with E-state index in [1.54, 1.807) is 31.2 Å². The molecule has 3 atom stereocenters. The zero-order chi connectivity index (χ0) is 25.6. The Kier molecular flexibility index (Phi) is 6.41. The van der Waals surface area contributed by atoms with Crippen LogP contribution in [0.25, 0.3) is 10.9 Å². The van der Waals surface area contributed by atoms with Crippen LogP contribution in [0.15, 0.2) is 53.4 Å². The summed E-state index contributed by atoms with van der Waals surface area (Å²) in [5.41, 5.74) is 3.22. The Morgan fingerprint density at radius 2 is 1.81 bits per heavy atom. The van der Waals surface area contributed by atoms with Gasteiger partial charge in [0.05, 0.1) is 28.8 Å². The molecule has 190 valence electrons. The summed E-state index contributed by atoms with van der Waals surface area (Å²) >= 11 is 0. The molecule has 3 heterocycles. The van der Waals surface area contributed by atoms with Crippen molar-refractivity contribution in [2.45, 2.75) is 57.4 Å². The summed E-state index contributed by atoms with van der Waals surface area (Å²) in [4.78, 5) is 28.1. The molecule has 0 bridgehead atoms. The van der Waals surface area contributed by atoms with E-state index in [1.807, 2.05) is 43.0 Å². The molecule has 1 fully saturated rings. The highest BCUT2D eigenvalue weighted by Crippen LogP contribution is 2.47. The van der Waals surface area contributed by atoms with E-state index in [2.05, 4.69) is 0 Å². The standard InChI is InChI=1S/C28H32N2O5S/c1-4-21-19(17-26(31)35-5-2)16-25-27-23(14-15-29(25)28(21)32)22-8-6-7-9-24(22)30(27)36(33,34)20-12-10-18(3)11-13-20/h6-13,19,21,25H,4-5,14-17H2,1-3H3/t19-,21+,25+/m0/s1. The van der Waals surface area contributed by atoms with E-state index in [-0.39, 0.29) is 35.0 Å². The predicted octanol–water partition coefficient (Wildman–Crippen LogP) is 4.61. The van der Waals surface area contributed by atoms with Gasteiger partial charge in [-0.15, -0.1) is 0 Å². The molecule has 1 saturated heterocycles. The normalized spacial score (nSPS) is 21.8. The zero-order valence-electron chi connectivity index (χ0n) is 20.9. The molecule has 1 aromatic heterocycles. The lowest BCUT2D eigenvalue weighted by atomic mass is 9.75. The number of piperidine rings is 1. The maximum Gasteiger partial charge on any atom is 0.306 e. The van der Waals surface area contributed by atoms with Crippen LogP contribution in [0.4, 0.5) is 0 Å². The van der Waals surface area contributed by atoms with Crippen molar-refractivity contribution in [2.24, 2.45) is 11.8 Å². The molecule has 2 aliphatic rings. The van der Waals surface area contributed by atoms with Crippen molar-refractivity contribution in [2.75, 3.05) is 13.2 Å². The predicted molar refractivity (Wildman–Crippen MR) is 137 cm³/mol. The average Bonchev–Trinajstić information content (AvgIpc) is 3.20. The van der Waals surface area contributed by atoms with Crippen molar-refractivity contribution in [1.29, 1.82) is 0 Å². The van der Waals surface area contributed by atoms with Crippen molar-refractivity contribution >= 4 is 32.8 Å². The first-order valence-electron chi connectivity index (χ1n) is 12.7. The fourth-order valence-corrected chi connectivity index (χ4v) is 7.64. The highest BCUT2D eigenvalue weighted by molar-refractivity contribution is 7.90. The fourth-order valence-electron chi connectivity index (χ4n) is 6.04. The number of carbonyl (C=O) groups is 2. The van der Waals surface area contributed by atoms with E-state index in [4.69, 9.17) is 4.74 Å². The van der Waals surface area contributed by atoms with Crippen LogP contribution in [-0.2, 0) is 30.8 Å². The molecule has 0 saturated carbocycles. The van der Waals surface area contributed by atoms with E-state index in [1.165, 1.54) is 3.97 Å². The van der Waals surface area contributed by atoms with E-state index < -0.39 is 16.1 Å². The number of carbonyl (C=O) groups excluding carboxylic acids is 2. The average molecular weight is 509 g/mol. The van der Waals surface area contributed by atoms with Gasteiger partial charge in [-0.1, -0.05) is 42.8 Å². The van der Waals surface area contributed by atoms with Gasteiger partial charge in [-0.05, 0) is 62.8 Å². The summed E-state index contributed by atoms with van der Waals surface area (Å²) in [6, 6.07) is 14.0. The topological polar surface area (TPSA) is 85.7 Å². The second-order valence-electron chi connectivity index (χ2n) is 9.78. The van der Waals surface area contributed by atoms with Gasteiger partial charge in [-0.3, -0.25) is 9.59 Å². The summed E-state index contributed by atoms with van der Waals surface area (Å²) in [5.74, 6) is -0.801. The lowest BCUT2D eigenvalue weighted by Gasteiger charge is -2.46.